The molecule has 2 rings (SSSR count). The molecule has 7 heteroatoms. The number of hydrogen-bond acceptors (Lipinski definition) is 3. The van der Waals surface area contributed by atoms with E-state index >= 15 is 0 Å². The molecule has 132 valence electrons. The number of nitrogens with one attached hydrogen (secondary N) is 3. The number of rotatable bonds is 6. The summed E-state index contributed by atoms with van der Waals surface area (Å²) in [6.45, 7) is 7.96. The van der Waals surface area contributed by atoms with Crippen LogP contribution in [0.2, 0.25) is 0 Å². The number of benzene rings is 2. The molecule has 0 aliphatic rings. The summed E-state index contributed by atoms with van der Waals surface area (Å²) < 4.78 is 27.8. The standard InChI is InChI=1S/C18H21N3O2S2/c1-4-11-19-18(24)20-17-12-14(3)7-10-16(17)21-25(22,23)15-8-5-13(2)6-9-15/h4-10,12,21H,1,11H2,2-3H3,(H2,19,20,24). The first-order valence-corrected chi connectivity index (χ1v) is 9.57. The largest absolute Gasteiger partial charge is 0.359 e. The smallest absolute Gasteiger partial charge is 0.261 e. The van der Waals surface area contributed by atoms with Crippen molar-refractivity contribution in [2.45, 2.75) is 18.7 Å². The fraction of sp³-hybridized carbons (Fsp3) is 0.167. The van der Waals surface area contributed by atoms with Gasteiger partial charge in [-0.05, 0) is 55.9 Å². The van der Waals surface area contributed by atoms with Crippen molar-refractivity contribution in [3.05, 3.63) is 66.2 Å². The van der Waals surface area contributed by atoms with E-state index in [0.717, 1.165) is 11.1 Å². The van der Waals surface area contributed by atoms with Gasteiger partial charge in [-0.25, -0.2) is 8.42 Å². The minimum absolute atomic E-state index is 0.206. The number of anilines is 2. The number of aryl methyl sites for hydroxylation is 2. The van der Waals surface area contributed by atoms with E-state index in [4.69, 9.17) is 12.2 Å². The molecule has 0 atom stereocenters. The second kappa shape index (κ2) is 8.13. The van der Waals surface area contributed by atoms with E-state index in [2.05, 4.69) is 21.9 Å². The zero-order valence-electron chi connectivity index (χ0n) is 14.2. The van der Waals surface area contributed by atoms with Gasteiger partial charge < -0.3 is 10.6 Å². The van der Waals surface area contributed by atoms with Crippen LogP contribution >= 0.6 is 12.2 Å². The van der Waals surface area contributed by atoms with Gasteiger partial charge in [-0.15, -0.1) is 6.58 Å². The zero-order chi connectivity index (χ0) is 18.4. The van der Waals surface area contributed by atoms with Crippen LogP contribution in [0.4, 0.5) is 11.4 Å². The maximum absolute atomic E-state index is 12.6. The second-order valence-electron chi connectivity index (χ2n) is 5.59. The maximum atomic E-state index is 12.6. The molecular formula is C18H21N3O2S2. The van der Waals surface area contributed by atoms with Gasteiger partial charge >= 0.3 is 0 Å². The van der Waals surface area contributed by atoms with E-state index in [1.165, 1.54) is 0 Å². The van der Waals surface area contributed by atoms with Gasteiger partial charge in [0.1, 0.15) is 0 Å². The molecule has 2 aromatic carbocycles. The first kappa shape index (κ1) is 19.0. The lowest BCUT2D eigenvalue weighted by molar-refractivity contribution is 0.601. The fourth-order valence-electron chi connectivity index (χ4n) is 2.10. The first-order valence-electron chi connectivity index (χ1n) is 7.68. The van der Waals surface area contributed by atoms with Gasteiger partial charge in [0, 0.05) is 6.54 Å². The van der Waals surface area contributed by atoms with E-state index in [0.29, 0.717) is 23.0 Å². The molecule has 2 aromatic rings. The summed E-state index contributed by atoms with van der Waals surface area (Å²) >= 11 is 5.21. The van der Waals surface area contributed by atoms with Crippen LogP contribution in [-0.2, 0) is 10.0 Å². The molecule has 0 aliphatic heterocycles. The molecule has 0 amide bonds. The summed E-state index contributed by atoms with van der Waals surface area (Å²) in [5.74, 6) is 0. The van der Waals surface area contributed by atoms with Crippen LogP contribution < -0.4 is 15.4 Å². The minimum Gasteiger partial charge on any atom is -0.359 e. The van der Waals surface area contributed by atoms with Crippen LogP contribution in [0, 0.1) is 13.8 Å². The third-order valence-electron chi connectivity index (χ3n) is 3.41. The molecule has 0 saturated heterocycles. The predicted octanol–water partition coefficient (Wildman–Crippen LogP) is 3.58. The molecule has 0 aromatic heterocycles. The van der Waals surface area contributed by atoms with Gasteiger partial charge in [0.05, 0.1) is 16.3 Å². The minimum atomic E-state index is -3.69. The molecule has 0 aliphatic carbocycles. The Kier molecular flexibility index (Phi) is 6.17. The van der Waals surface area contributed by atoms with Crippen LogP contribution in [0.3, 0.4) is 0 Å². The molecule has 0 heterocycles. The summed E-state index contributed by atoms with van der Waals surface area (Å²) in [6.07, 6.45) is 1.69. The van der Waals surface area contributed by atoms with Gasteiger partial charge in [0.15, 0.2) is 5.11 Å². The monoisotopic (exact) mass is 375 g/mol. The molecule has 0 saturated carbocycles. The average molecular weight is 376 g/mol. The van der Waals surface area contributed by atoms with Crippen molar-refractivity contribution in [2.75, 3.05) is 16.6 Å². The van der Waals surface area contributed by atoms with Gasteiger partial charge in [-0.3, -0.25) is 4.72 Å². The molecule has 25 heavy (non-hydrogen) atoms. The maximum Gasteiger partial charge on any atom is 0.261 e. The molecule has 0 radical (unpaired) electrons. The van der Waals surface area contributed by atoms with Gasteiger partial charge in [0.25, 0.3) is 10.0 Å². The van der Waals surface area contributed by atoms with Crippen molar-refractivity contribution in [1.82, 2.24) is 5.32 Å². The summed E-state index contributed by atoms with van der Waals surface area (Å²) in [4.78, 5) is 0.206. The Morgan fingerprint density at radius 2 is 1.72 bits per heavy atom. The number of sulfonamides is 1. The highest BCUT2D eigenvalue weighted by molar-refractivity contribution is 7.92. The molecule has 3 N–H and O–H groups in total. The Balaban J connectivity index is 2.28. The molecule has 0 spiro atoms. The SMILES string of the molecule is C=CCNC(=S)Nc1cc(C)ccc1NS(=O)(=O)c1ccc(C)cc1. The average Bonchev–Trinajstić information content (AvgIpc) is 2.56. The number of hydrogen-bond donors (Lipinski definition) is 3. The fourth-order valence-corrected chi connectivity index (χ4v) is 3.38. The Morgan fingerprint density at radius 1 is 1.08 bits per heavy atom. The highest BCUT2D eigenvalue weighted by Gasteiger charge is 2.16. The van der Waals surface area contributed by atoms with Crippen LogP contribution in [-0.4, -0.2) is 20.1 Å². The molecule has 0 fully saturated rings. The second-order valence-corrected chi connectivity index (χ2v) is 7.68. The normalized spacial score (nSPS) is 10.8. The van der Waals surface area contributed by atoms with E-state index in [-0.39, 0.29) is 4.90 Å². The van der Waals surface area contributed by atoms with E-state index in [9.17, 15) is 8.42 Å². The lowest BCUT2D eigenvalue weighted by atomic mass is 10.2. The van der Waals surface area contributed by atoms with Crippen LogP contribution in [0.5, 0.6) is 0 Å². The van der Waals surface area contributed by atoms with E-state index in [1.807, 2.05) is 26.0 Å². The first-order chi connectivity index (χ1) is 11.8. The lowest BCUT2D eigenvalue weighted by Crippen LogP contribution is -2.29. The van der Waals surface area contributed by atoms with Crippen LogP contribution in [0.1, 0.15) is 11.1 Å². The van der Waals surface area contributed by atoms with E-state index < -0.39 is 10.0 Å². The van der Waals surface area contributed by atoms with E-state index in [1.54, 1.807) is 36.4 Å². The van der Waals surface area contributed by atoms with Crippen molar-refractivity contribution >= 4 is 38.7 Å². The van der Waals surface area contributed by atoms with Crippen molar-refractivity contribution in [2.24, 2.45) is 0 Å². The highest BCUT2D eigenvalue weighted by Crippen LogP contribution is 2.26. The summed E-state index contributed by atoms with van der Waals surface area (Å²) in [5.41, 5.74) is 2.98. The Labute approximate surface area is 154 Å². The molecule has 0 unspecified atom stereocenters. The van der Waals surface area contributed by atoms with Crippen LogP contribution in [0.15, 0.2) is 60.0 Å². The van der Waals surface area contributed by atoms with Crippen molar-refractivity contribution in [1.29, 1.82) is 0 Å². The van der Waals surface area contributed by atoms with Crippen molar-refractivity contribution < 1.29 is 8.42 Å². The van der Waals surface area contributed by atoms with Gasteiger partial charge in [-0.1, -0.05) is 29.8 Å². The number of thiocarbonyl (C=S) groups is 1. The Hall–Kier alpha value is -2.38. The lowest BCUT2D eigenvalue weighted by Gasteiger charge is -2.16. The van der Waals surface area contributed by atoms with Crippen LogP contribution in [0.25, 0.3) is 0 Å². The summed E-state index contributed by atoms with van der Waals surface area (Å²) in [7, 11) is -3.69. The van der Waals surface area contributed by atoms with Gasteiger partial charge in [0.2, 0.25) is 0 Å². The third kappa shape index (κ3) is 5.30. The predicted molar refractivity (Wildman–Crippen MR) is 108 cm³/mol. The van der Waals surface area contributed by atoms with Gasteiger partial charge in [-0.2, -0.15) is 0 Å². The summed E-state index contributed by atoms with van der Waals surface area (Å²) in [5, 5.41) is 6.36. The topological polar surface area (TPSA) is 70.2 Å². The zero-order valence-corrected chi connectivity index (χ0v) is 15.8. The van der Waals surface area contributed by atoms with Crippen molar-refractivity contribution in [3.63, 3.8) is 0 Å². The quantitative estimate of drug-likeness (QED) is 0.532. The Bertz CT molecular complexity index is 876. The Morgan fingerprint density at radius 3 is 2.36 bits per heavy atom. The highest BCUT2D eigenvalue weighted by atomic mass is 32.2. The molecule has 5 nitrogen and oxygen atoms in total. The molecular weight excluding hydrogens is 354 g/mol. The van der Waals surface area contributed by atoms with Crippen molar-refractivity contribution in [3.8, 4) is 0 Å². The third-order valence-corrected chi connectivity index (χ3v) is 5.03. The summed E-state index contributed by atoms with van der Waals surface area (Å²) in [6, 6.07) is 12.0. The molecule has 0 bridgehead atoms.